The fourth-order valence-corrected chi connectivity index (χ4v) is 4.51. The zero-order chi connectivity index (χ0) is 18.8. The molecule has 0 radical (unpaired) electrons. The molecule has 0 aromatic carbocycles. The Morgan fingerprint density at radius 1 is 0.480 bits per heavy atom. The van der Waals surface area contributed by atoms with Gasteiger partial charge in [0.15, 0.2) is 0 Å². The first-order chi connectivity index (χ1) is 12.2. The minimum absolute atomic E-state index is 0.845. The van der Waals surface area contributed by atoms with E-state index >= 15 is 0 Å². The average molecular weight is 355 g/mol. The molecule has 0 aromatic heterocycles. The molecule has 0 rings (SSSR count). The Bertz CT molecular complexity index is 249. The van der Waals surface area contributed by atoms with Crippen LogP contribution in [0.1, 0.15) is 131 Å². The van der Waals surface area contributed by atoms with E-state index in [0.29, 0.717) is 0 Å². The predicted molar refractivity (Wildman–Crippen MR) is 116 cm³/mol. The molecule has 0 aromatic rings. The van der Waals surface area contributed by atoms with E-state index in [0.717, 1.165) is 6.04 Å². The third kappa shape index (κ3) is 12.1. The van der Waals surface area contributed by atoms with Gasteiger partial charge < -0.3 is 4.48 Å². The highest BCUT2D eigenvalue weighted by Gasteiger charge is 2.27. The molecule has 0 amide bonds. The Hall–Kier alpha value is -0.0400. The quantitative estimate of drug-likeness (QED) is 0.162. The van der Waals surface area contributed by atoms with Crippen molar-refractivity contribution in [2.45, 2.75) is 137 Å². The summed E-state index contributed by atoms with van der Waals surface area (Å²) in [4.78, 5) is 0. The molecular formula is C24H52N+. The van der Waals surface area contributed by atoms with E-state index in [4.69, 9.17) is 0 Å². The van der Waals surface area contributed by atoms with Gasteiger partial charge in [0.2, 0.25) is 0 Å². The second-order valence-corrected chi connectivity index (χ2v) is 8.40. The van der Waals surface area contributed by atoms with Gasteiger partial charge in [-0.05, 0) is 40.5 Å². The van der Waals surface area contributed by atoms with Crippen LogP contribution in [-0.4, -0.2) is 30.2 Å². The van der Waals surface area contributed by atoms with Crippen molar-refractivity contribution in [1.29, 1.82) is 0 Å². The second kappa shape index (κ2) is 17.4. The summed E-state index contributed by atoms with van der Waals surface area (Å²) in [7, 11) is 0. The van der Waals surface area contributed by atoms with Crippen LogP contribution in [0.2, 0.25) is 0 Å². The average Bonchev–Trinajstić information content (AvgIpc) is 2.64. The molecule has 0 saturated heterocycles. The summed E-state index contributed by atoms with van der Waals surface area (Å²) in [5.41, 5.74) is 0. The van der Waals surface area contributed by atoms with E-state index in [9.17, 15) is 0 Å². The molecule has 1 heteroatoms. The van der Waals surface area contributed by atoms with E-state index in [1.807, 2.05) is 0 Å². The maximum Gasteiger partial charge on any atom is 0.0861 e. The predicted octanol–water partition coefficient (Wildman–Crippen LogP) is 8.12. The van der Waals surface area contributed by atoms with Crippen molar-refractivity contribution in [1.82, 2.24) is 0 Å². The van der Waals surface area contributed by atoms with Crippen molar-refractivity contribution < 1.29 is 4.48 Å². The SMILES string of the molecule is CCCCCCCCCCCCCCCCC(C)[N+](CC)(CC)CC. The Kier molecular flexibility index (Phi) is 17.3. The number of quaternary nitrogens is 1. The Morgan fingerprint density at radius 3 is 1.12 bits per heavy atom. The Labute approximate surface area is 161 Å². The van der Waals surface area contributed by atoms with Crippen LogP contribution in [0.3, 0.4) is 0 Å². The molecule has 0 saturated carbocycles. The molecule has 1 unspecified atom stereocenters. The summed E-state index contributed by atoms with van der Waals surface area (Å²) in [6.07, 6.45) is 21.9. The van der Waals surface area contributed by atoms with E-state index in [1.165, 1.54) is 120 Å². The zero-order valence-corrected chi connectivity index (χ0v) is 18.8. The molecule has 0 N–H and O–H groups in total. The van der Waals surface area contributed by atoms with Gasteiger partial charge in [-0.25, -0.2) is 0 Å². The van der Waals surface area contributed by atoms with Gasteiger partial charge in [0.25, 0.3) is 0 Å². The third-order valence-corrected chi connectivity index (χ3v) is 6.80. The van der Waals surface area contributed by atoms with Crippen molar-refractivity contribution in [2.24, 2.45) is 0 Å². The lowest BCUT2D eigenvalue weighted by Gasteiger charge is -2.41. The van der Waals surface area contributed by atoms with E-state index in [2.05, 4.69) is 34.6 Å². The highest BCUT2D eigenvalue weighted by molar-refractivity contribution is 4.56. The van der Waals surface area contributed by atoms with Crippen LogP contribution in [0.5, 0.6) is 0 Å². The minimum atomic E-state index is 0.845. The Morgan fingerprint density at radius 2 is 0.800 bits per heavy atom. The molecule has 152 valence electrons. The summed E-state index contributed by atoms with van der Waals surface area (Å²) in [5, 5.41) is 0. The standard InChI is InChI=1S/C24H52N/c1-6-10-11-12-13-14-15-16-17-18-19-20-21-22-23-24(5)25(7-2,8-3)9-4/h24H,6-23H2,1-5H3/q+1. The molecule has 0 spiro atoms. The molecule has 0 heterocycles. The van der Waals surface area contributed by atoms with Gasteiger partial charge >= 0.3 is 0 Å². The van der Waals surface area contributed by atoms with Crippen molar-refractivity contribution in [2.75, 3.05) is 19.6 Å². The number of hydrogen-bond acceptors (Lipinski definition) is 0. The topological polar surface area (TPSA) is 0 Å². The molecule has 0 bridgehead atoms. The van der Waals surface area contributed by atoms with Crippen molar-refractivity contribution >= 4 is 0 Å². The summed E-state index contributed by atoms with van der Waals surface area (Å²) < 4.78 is 1.32. The highest BCUT2D eigenvalue weighted by Crippen LogP contribution is 2.19. The zero-order valence-electron chi connectivity index (χ0n) is 18.8. The molecular weight excluding hydrogens is 302 g/mol. The van der Waals surface area contributed by atoms with Gasteiger partial charge in [-0.2, -0.15) is 0 Å². The lowest BCUT2D eigenvalue weighted by atomic mass is 10.0. The van der Waals surface area contributed by atoms with Crippen molar-refractivity contribution in [3.8, 4) is 0 Å². The first-order valence-corrected chi connectivity index (χ1v) is 12.0. The molecule has 0 fully saturated rings. The van der Waals surface area contributed by atoms with E-state index in [1.54, 1.807) is 0 Å². The van der Waals surface area contributed by atoms with Crippen LogP contribution < -0.4 is 0 Å². The van der Waals surface area contributed by atoms with Gasteiger partial charge in [0.1, 0.15) is 0 Å². The summed E-state index contributed by atoms with van der Waals surface area (Å²) in [6.45, 7) is 15.8. The van der Waals surface area contributed by atoms with Crippen LogP contribution in [-0.2, 0) is 0 Å². The monoisotopic (exact) mass is 354 g/mol. The highest BCUT2D eigenvalue weighted by atomic mass is 15.4. The summed E-state index contributed by atoms with van der Waals surface area (Å²) in [5.74, 6) is 0. The van der Waals surface area contributed by atoms with Gasteiger partial charge in [-0.15, -0.1) is 0 Å². The van der Waals surface area contributed by atoms with E-state index < -0.39 is 0 Å². The summed E-state index contributed by atoms with van der Waals surface area (Å²) >= 11 is 0. The molecule has 0 aliphatic rings. The maximum atomic E-state index is 2.48. The van der Waals surface area contributed by atoms with Crippen molar-refractivity contribution in [3.63, 3.8) is 0 Å². The van der Waals surface area contributed by atoms with Crippen molar-refractivity contribution in [3.05, 3.63) is 0 Å². The largest absolute Gasteiger partial charge is 0.322 e. The fourth-order valence-electron chi connectivity index (χ4n) is 4.51. The third-order valence-electron chi connectivity index (χ3n) is 6.80. The van der Waals surface area contributed by atoms with Crippen LogP contribution in [0, 0.1) is 0 Å². The van der Waals surface area contributed by atoms with Crippen LogP contribution in [0.4, 0.5) is 0 Å². The van der Waals surface area contributed by atoms with E-state index in [-0.39, 0.29) is 0 Å². The maximum absolute atomic E-state index is 2.48. The lowest BCUT2D eigenvalue weighted by molar-refractivity contribution is -0.945. The van der Waals surface area contributed by atoms with Crippen LogP contribution in [0.15, 0.2) is 0 Å². The van der Waals surface area contributed by atoms with Gasteiger partial charge in [-0.1, -0.05) is 90.4 Å². The number of unbranched alkanes of at least 4 members (excludes halogenated alkanes) is 13. The minimum Gasteiger partial charge on any atom is -0.322 e. The normalized spacial score (nSPS) is 13.3. The smallest absolute Gasteiger partial charge is 0.0861 e. The molecule has 1 atom stereocenters. The fraction of sp³-hybridized carbons (Fsp3) is 1.00. The number of nitrogens with zero attached hydrogens (tertiary/aromatic N) is 1. The lowest BCUT2D eigenvalue weighted by Crippen LogP contribution is -2.53. The molecule has 0 aliphatic heterocycles. The molecule has 25 heavy (non-hydrogen) atoms. The Balaban J connectivity index is 3.39. The first-order valence-electron chi connectivity index (χ1n) is 12.0. The number of rotatable bonds is 19. The van der Waals surface area contributed by atoms with Crippen LogP contribution >= 0.6 is 0 Å². The second-order valence-electron chi connectivity index (χ2n) is 8.40. The van der Waals surface area contributed by atoms with Gasteiger partial charge in [-0.3, -0.25) is 0 Å². The molecule has 1 nitrogen and oxygen atoms in total. The van der Waals surface area contributed by atoms with Gasteiger partial charge in [0, 0.05) is 0 Å². The van der Waals surface area contributed by atoms with Gasteiger partial charge in [0.05, 0.1) is 25.7 Å². The number of hydrogen-bond donors (Lipinski definition) is 0. The first kappa shape index (κ1) is 25.0. The summed E-state index contributed by atoms with van der Waals surface area (Å²) in [6, 6.07) is 0.845. The molecule has 0 aliphatic carbocycles. The van der Waals surface area contributed by atoms with Crippen LogP contribution in [0.25, 0.3) is 0 Å².